The maximum Gasteiger partial charge on any atom is 0.269 e. The fourth-order valence-electron chi connectivity index (χ4n) is 4.13. The Labute approximate surface area is 139 Å². The zero-order valence-corrected chi connectivity index (χ0v) is 12.9. The number of nitrogens with zero attached hydrogens (tertiary/aromatic N) is 2. The predicted octanol–water partition coefficient (Wildman–Crippen LogP) is 3.78. The van der Waals surface area contributed by atoms with Crippen molar-refractivity contribution in [1.29, 1.82) is 0 Å². The molecular formula is C19H16N2O3. The number of hydrogen-bond donors (Lipinski definition) is 0. The standard InChI is InChI=1S/C19H16N2O3/c22-19(16-3-1-2-10-20-16)18-14-5-4-13(11-14)17(18)12-6-8-15(9-7-12)21(23)24/h1-10,13-14,17-18H,11H2/t13-,14+,17-,18-/m1/s1. The summed E-state index contributed by atoms with van der Waals surface area (Å²) in [6, 6.07) is 12.0. The van der Waals surface area contributed by atoms with Crippen LogP contribution < -0.4 is 0 Å². The van der Waals surface area contributed by atoms with Gasteiger partial charge in [0.2, 0.25) is 0 Å². The molecule has 4 atom stereocenters. The van der Waals surface area contributed by atoms with Gasteiger partial charge in [-0.05, 0) is 36.0 Å². The molecule has 1 aromatic carbocycles. The number of nitro groups is 1. The summed E-state index contributed by atoms with van der Waals surface area (Å²) in [7, 11) is 0. The van der Waals surface area contributed by atoms with Gasteiger partial charge in [-0.25, -0.2) is 0 Å². The van der Waals surface area contributed by atoms with Crippen LogP contribution in [0.2, 0.25) is 0 Å². The zero-order valence-electron chi connectivity index (χ0n) is 12.9. The number of ketones is 1. The van der Waals surface area contributed by atoms with Gasteiger partial charge in [-0.1, -0.05) is 30.4 Å². The molecule has 0 aliphatic heterocycles. The maximum atomic E-state index is 13.0. The van der Waals surface area contributed by atoms with Crippen molar-refractivity contribution < 1.29 is 9.72 Å². The maximum absolute atomic E-state index is 13.0. The Kier molecular flexibility index (Phi) is 3.49. The van der Waals surface area contributed by atoms with E-state index in [1.807, 2.05) is 6.07 Å². The largest absolute Gasteiger partial charge is 0.292 e. The summed E-state index contributed by atoms with van der Waals surface area (Å²) < 4.78 is 0. The van der Waals surface area contributed by atoms with E-state index < -0.39 is 4.92 Å². The molecule has 0 spiro atoms. The lowest BCUT2D eigenvalue weighted by Crippen LogP contribution is -2.27. The van der Waals surface area contributed by atoms with Crippen LogP contribution in [0.15, 0.2) is 60.8 Å². The zero-order chi connectivity index (χ0) is 16.7. The van der Waals surface area contributed by atoms with Crippen LogP contribution >= 0.6 is 0 Å². The van der Waals surface area contributed by atoms with E-state index >= 15 is 0 Å². The monoisotopic (exact) mass is 320 g/mol. The van der Waals surface area contributed by atoms with E-state index in [1.165, 1.54) is 12.1 Å². The van der Waals surface area contributed by atoms with Gasteiger partial charge in [-0.3, -0.25) is 19.9 Å². The van der Waals surface area contributed by atoms with E-state index in [-0.39, 0.29) is 29.2 Å². The van der Waals surface area contributed by atoms with Crippen LogP contribution in [0, 0.1) is 27.9 Å². The van der Waals surface area contributed by atoms with E-state index in [9.17, 15) is 14.9 Å². The van der Waals surface area contributed by atoms with E-state index in [0.717, 1.165) is 12.0 Å². The second kappa shape index (κ2) is 5.67. The number of nitro benzene ring substituents is 1. The number of carbonyl (C=O) groups is 1. The average molecular weight is 320 g/mol. The molecule has 120 valence electrons. The average Bonchev–Trinajstić information content (AvgIpc) is 3.23. The quantitative estimate of drug-likeness (QED) is 0.372. The van der Waals surface area contributed by atoms with Crippen LogP contribution in [-0.4, -0.2) is 15.7 Å². The fraction of sp³-hybridized carbons (Fsp3) is 0.263. The van der Waals surface area contributed by atoms with Gasteiger partial charge in [0.05, 0.1) is 4.92 Å². The number of non-ortho nitro benzene ring substituents is 1. The van der Waals surface area contributed by atoms with Crippen molar-refractivity contribution in [2.75, 3.05) is 0 Å². The summed E-state index contributed by atoms with van der Waals surface area (Å²) in [5.74, 6) is 0.529. The second-order valence-corrected chi connectivity index (χ2v) is 6.43. The number of allylic oxidation sites excluding steroid dienone is 2. The molecule has 4 rings (SSSR count). The molecule has 0 saturated heterocycles. The molecule has 1 fully saturated rings. The smallest absolute Gasteiger partial charge is 0.269 e. The van der Waals surface area contributed by atoms with E-state index in [4.69, 9.17) is 0 Å². The molecule has 1 heterocycles. The van der Waals surface area contributed by atoms with Crippen molar-refractivity contribution in [3.05, 3.63) is 82.2 Å². The van der Waals surface area contributed by atoms with Gasteiger partial charge in [-0.15, -0.1) is 0 Å². The summed E-state index contributed by atoms with van der Waals surface area (Å²) in [4.78, 5) is 27.6. The highest BCUT2D eigenvalue weighted by atomic mass is 16.6. The van der Waals surface area contributed by atoms with Crippen molar-refractivity contribution in [3.8, 4) is 0 Å². The van der Waals surface area contributed by atoms with Gasteiger partial charge in [0, 0.05) is 30.2 Å². The Hall–Kier alpha value is -2.82. The number of Topliss-reactive ketones (excluding diaryl/α,β-unsaturated/α-hetero) is 1. The molecule has 0 amide bonds. The molecule has 2 aliphatic carbocycles. The number of fused-ring (bicyclic) bond motifs is 2. The number of rotatable bonds is 4. The molecule has 2 bridgehead atoms. The summed E-state index contributed by atoms with van der Waals surface area (Å²) in [5, 5.41) is 10.9. The van der Waals surface area contributed by atoms with Crippen molar-refractivity contribution in [2.45, 2.75) is 12.3 Å². The topological polar surface area (TPSA) is 73.1 Å². The lowest BCUT2D eigenvalue weighted by atomic mass is 9.75. The van der Waals surface area contributed by atoms with Crippen molar-refractivity contribution in [1.82, 2.24) is 4.98 Å². The molecule has 5 heteroatoms. The van der Waals surface area contributed by atoms with Crippen molar-refractivity contribution >= 4 is 11.5 Å². The first-order chi connectivity index (χ1) is 11.6. The third-order valence-electron chi connectivity index (χ3n) is 5.17. The number of carbonyl (C=O) groups excluding carboxylic acids is 1. The van der Waals surface area contributed by atoms with Crippen molar-refractivity contribution in [2.24, 2.45) is 17.8 Å². The number of pyridine rings is 1. The van der Waals surface area contributed by atoms with E-state index in [2.05, 4.69) is 17.1 Å². The van der Waals surface area contributed by atoms with Crippen LogP contribution in [0.3, 0.4) is 0 Å². The minimum Gasteiger partial charge on any atom is -0.292 e. The van der Waals surface area contributed by atoms with Crippen molar-refractivity contribution in [3.63, 3.8) is 0 Å². The Balaban J connectivity index is 1.69. The lowest BCUT2D eigenvalue weighted by molar-refractivity contribution is -0.384. The third-order valence-corrected chi connectivity index (χ3v) is 5.17. The van der Waals surface area contributed by atoms with Crippen LogP contribution in [0.5, 0.6) is 0 Å². The fourth-order valence-corrected chi connectivity index (χ4v) is 4.13. The molecule has 2 aliphatic rings. The van der Waals surface area contributed by atoms with E-state index in [1.54, 1.807) is 30.5 Å². The second-order valence-electron chi connectivity index (χ2n) is 6.43. The summed E-state index contributed by atoms with van der Waals surface area (Å²) >= 11 is 0. The van der Waals surface area contributed by atoms with Crippen LogP contribution in [0.4, 0.5) is 5.69 Å². The molecule has 0 N–H and O–H groups in total. The Morgan fingerprint density at radius 1 is 1.08 bits per heavy atom. The van der Waals surface area contributed by atoms with Gasteiger partial charge in [-0.2, -0.15) is 0 Å². The first kappa shape index (κ1) is 14.8. The predicted molar refractivity (Wildman–Crippen MR) is 88.6 cm³/mol. The SMILES string of the molecule is O=C(c1ccccn1)[C@H]1[C@H](c2ccc([N+](=O)[O-])cc2)[C@@H]2C=C[C@H]1C2. The number of benzene rings is 1. The van der Waals surface area contributed by atoms with Gasteiger partial charge in [0.25, 0.3) is 5.69 Å². The first-order valence-corrected chi connectivity index (χ1v) is 8.03. The molecule has 1 saturated carbocycles. The lowest BCUT2D eigenvalue weighted by Gasteiger charge is -2.27. The Morgan fingerprint density at radius 3 is 2.50 bits per heavy atom. The number of aromatic nitrogens is 1. The Morgan fingerprint density at radius 2 is 1.83 bits per heavy atom. The molecule has 2 aromatic rings. The van der Waals surface area contributed by atoms with Gasteiger partial charge in [0.15, 0.2) is 5.78 Å². The first-order valence-electron chi connectivity index (χ1n) is 8.03. The molecule has 24 heavy (non-hydrogen) atoms. The highest BCUT2D eigenvalue weighted by Crippen LogP contribution is 2.53. The third kappa shape index (κ3) is 2.33. The van der Waals surface area contributed by atoms with Crippen LogP contribution in [0.25, 0.3) is 0 Å². The van der Waals surface area contributed by atoms with E-state index in [0.29, 0.717) is 11.6 Å². The Bertz CT molecular complexity index is 814. The van der Waals surface area contributed by atoms with Gasteiger partial charge in [0.1, 0.15) is 5.69 Å². The summed E-state index contributed by atoms with van der Waals surface area (Å²) in [6.07, 6.45) is 6.92. The highest BCUT2D eigenvalue weighted by molar-refractivity contribution is 5.97. The molecule has 5 nitrogen and oxygen atoms in total. The van der Waals surface area contributed by atoms with Crippen LogP contribution in [-0.2, 0) is 0 Å². The summed E-state index contributed by atoms with van der Waals surface area (Å²) in [6.45, 7) is 0. The minimum atomic E-state index is -0.402. The molecule has 0 unspecified atom stereocenters. The van der Waals surface area contributed by atoms with Crippen LogP contribution in [0.1, 0.15) is 28.4 Å². The number of hydrogen-bond acceptors (Lipinski definition) is 4. The molecule has 1 aromatic heterocycles. The molecular weight excluding hydrogens is 304 g/mol. The minimum absolute atomic E-state index is 0.0651. The van der Waals surface area contributed by atoms with Gasteiger partial charge < -0.3 is 0 Å². The highest BCUT2D eigenvalue weighted by Gasteiger charge is 2.48. The summed E-state index contributed by atoms with van der Waals surface area (Å²) in [5.41, 5.74) is 1.56. The van der Waals surface area contributed by atoms with Gasteiger partial charge >= 0.3 is 0 Å². The normalized spacial score (nSPS) is 27.3. The molecule has 0 radical (unpaired) electrons.